The molecule has 2 fully saturated rings. The standard InChI is InChI=1S/C20H22ClN3O4S2/c1-23-19(22-16-5-3-2-4-6-16)29-14-20(23,25)15-7-8-17(21)18(13-15)30(26,27)24-9-11-28-12-10-24/h2-8,13,25H,9-12,14H2,1H3. The largest absolute Gasteiger partial charge is 0.379 e. The molecule has 2 aromatic rings. The van der Waals surface area contributed by atoms with Crippen LogP contribution in [0.2, 0.25) is 5.02 Å². The van der Waals surface area contributed by atoms with E-state index in [9.17, 15) is 13.5 Å². The zero-order chi connectivity index (χ0) is 21.4. The highest BCUT2D eigenvalue weighted by atomic mass is 35.5. The van der Waals surface area contributed by atoms with E-state index in [2.05, 4.69) is 4.99 Å². The normalized spacial score (nSPS) is 24.5. The molecule has 2 saturated heterocycles. The number of hydrogen-bond acceptors (Lipinski definition) is 6. The second-order valence-electron chi connectivity index (χ2n) is 7.06. The first-order valence-electron chi connectivity index (χ1n) is 9.43. The molecule has 7 nitrogen and oxygen atoms in total. The van der Waals surface area contributed by atoms with Crippen LogP contribution in [-0.2, 0) is 20.5 Å². The zero-order valence-corrected chi connectivity index (χ0v) is 18.8. The third-order valence-corrected chi connectivity index (χ3v) is 8.76. The maximum Gasteiger partial charge on any atom is 0.244 e. The highest BCUT2D eigenvalue weighted by molar-refractivity contribution is 8.14. The number of morpholine rings is 1. The molecule has 1 unspecified atom stereocenters. The van der Waals surface area contributed by atoms with Crippen molar-refractivity contribution < 1.29 is 18.3 Å². The lowest BCUT2D eigenvalue weighted by Gasteiger charge is -2.32. The first-order valence-corrected chi connectivity index (χ1v) is 12.2. The predicted octanol–water partition coefficient (Wildman–Crippen LogP) is 2.87. The Kier molecular flexibility index (Phi) is 6.11. The number of thioether (sulfide) groups is 1. The molecular weight excluding hydrogens is 446 g/mol. The summed E-state index contributed by atoms with van der Waals surface area (Å²) in [5, 5.41) is 12.2. The van der Waals surface area contributed by atoms with Crippen LogP contribution in [0.1, 0.15) is 5.56 Å². The lowest BCUT2D eigenvalue weighted by atomic mass is 10.0. The molecule has 0 bridgehead atoms. The van der Waals surface area contributed by atoms with E-state index < -0.39 is 15.7 Å². The number of sulfonamides is 1. The Morgan fingerprint density at radius 2 is 1.87 bits per heavy atom. The van der Waals surface area contributed by atoms with Gasteiger partial charge in [-0.2, -0.15) is 4.31 Å². The quantitative estimate of drug-likeness (QED) is 0.744. The van der Waals surface area contributed by atoms with Gasteiger partial charge in [0.1, 0.15) is 4.90 Å². The fourth-order valence-corrected chi connectivity index (χ4v) is 6.50. The zero-order valence-electron chi connectivity index (χ0n) is 16.4. The summed E-state index contributed by atoms with van der Waals surface area (Å²) < 4.78 is 32.9. The molecule has 0 amide bonds. The number of rotatable bonds is 4. The van der Waals surface area contributed by atoms with Crippen molar-refractivity contribution in [1.82, 2.24) is 9.21 Å². The molecular formula is C20H22ClN3O4S2. The van der Waals surface area contributed by atoms with Gasteiger partial charge >= 0.3 is 0 Å². The molecule has 0 aromatic heterocycles. The van der Waals surface area contributed by atoms with Gasteiger partial charge in [-0.1, -0.05) is 47.6 Å². The number of benzene rings is 2. The van der Waals surface area contributed by atoms with E-state index in [1.807, 2.05) is 30.3 Å². The summed E-state index contributed by atoms with van der Waals surface area (Å²) >= 11 is 7.67. The van der Waals surface area contributed by atoms with E-state index in [0.717, 1.165) is 5.69 Å². The molecule has 0 saturated carbocycles. The van der Waals surface area contributed by atoms with E-state index in [0.29, 0.717) is 29.7 Å². The Hall–Kier alpha value is -1.62. The number of aliphatic hydroxyl groups is 1. The van der Waals surface area contributed by atoms with Gasteiger partial charge in [0, 0.05) is 25.7 Å². The molecule has 2 aliphatic heterocycles. The Balaban J connectivity index is 1.68. The van der Waals surface area contributed by atoms with Crippen molar-refractivity contribution in [3.8, 4) is 0 Å². The number of para-hydroxylation sites is 1. The average molecular weight is 468 g/mol. The molecule has 0 spiro atoms. The van der Waals surface area contributed by atoms with Crippen molar-refractivity contribution >= 4 is 44.2 Å². The van der Waals surface area contributed by atoms with Gasteiger partial charge in [-0.3, -0.25) is 0 Å². The van der Waals surface area contributed by atoms with Crippen LogP contribution in [0.25, 0.3) is 0 Å². The maximum atomic E-state index is 13.1. The van der Waals surface area contributed by atoms with Gasteiger partial charge in [0.15, 0.2) is 10.9 Å². The minimum Gasteiger partial charge on any atom is -0.379 e. The molecule has 0 radical (unpaired) electrons. The Morgan fingerprint density at radius 1 is 1.17 bits per heavy atom. The van der Waals surface area contributed by atoms with Crippen molar-refractivity contribution in [2.24, 2.45) is 4.99 Å². The summed E-state index contributed by atoms with van der Waals surface area (Å²) in [6, 6.07) is 14.1. The third-order valence-electron chi connectivity index (χ3n) is 5.21. The third kappa shape index (κ3) is 3.98. The molecule has 2 aliphatic rings. The molecule has 160 valence electrons. The fraction of sp³-hybridized carbons (Fsp3) is 0.350. The summed E-state index contributed by atoms with van der Waals surface area (Å²) in [6.45, 7) is 1.24. The van der Waals surface area contributed by atoms with Gasteiger partial charge in [-0.15, -0.1) is 0 Å². The predicted molar refractivity (Wildman–Crippen MR) is 119 cm³/mol. The summed E-state index contributed by atoms with van der Waals surface area (Å²) in [7, 11) is -2.05. The minimum absolute atomic E-state index is 0.0103. The van der Waals surface area contributed by atoms with Crippen molar-refractivity contribution in [2.75, 3.05) is 39.1 Å². The van der Waals surface area contributed by atoms with E-state index in [4.69, 9.17) is 16.3 Å². The monoisotopic (exact) mass is 467 g/mol. The molecule has 1 atom stereocenters. The van der Waals surface area contributed by atoms with Gasteiger partial charge in [-0.25, -0.2) is 13.4 Å². The van der Waals surface area contributed by atoms with Gasteiger partial charge in [0.05, 0.1) is 29.7 Å². The summed E-state index contributed by atoms with van der Waals surface area (Å²) in [4.78, 5) is 6.26. The Labute approximate surface area is 185 Å². The fourth-order valence-electron chi connectivity index (χ4n) is 3.39. The van der Waals surface area contributed by atoms with E-state index in [1.54, 1.807) is 18.0 Å². The van der Waals surface area contributed by atoms with E-state index in [1.165, 1.54) is 28.2 Å². The second kappa shape index (κ2) is 8.49. The summed E-state index contributed by atoms with van der Waals surface area (Å²) in [6.07, 6.45) is 0. The van der Waals surface area contributed by atoms with Gasteiger partial charge in [0.25, 0.3) is 0 Å². The topological polar surface area (TPSA) is 82.4 Å². The van der Waals surface area contributed by atoms with Crippen LogP contribution in [0.4, 0.5) is 5.69 Å². The van der Waals surface area contributed by atoms with Crippen molar-refractivity contribution in [1.29, 1.82) is 0 Å². The van der Waals surface area contributed by atoms with E-state index >= 15 is 0 Å². The molecule has 0 aliphatic carbocycles. The number of nitrogens with zero attached hydrogens (tertiary/aromatic N) is 3. The molecule has 2 aromatic carbocycles. The minimum atomic E-state index is -3.80. The lowest BCUT2D eigenvalue weighted by molar-refractivity contribution is -0.0349. The van der Waals surface area contributed by atoms with Crippen molar-refractivity contribution in [2.45, 2.75) is 10.6 Å². The van der Waals surface area contributed by atoms with Crippen molar-refractivity contribution in [3.63, 3.8) is 0 Å². The second-order valence-corrected chi connectivity index (χ2v) is 10.3. The molecule has 30 heavy (non-hydrogen) atoms. The van der Waals surface area contributed by atoms with Crippen LogP contribution in [0, 0.1) is 0 Å². The highest BCUT2D eigenvalue weighted by Crippen LogP contribution is 2.40. The molecule has 1 N–H and O–H groups in total. The van der Waals surface area contributed by atoms with Gasteiger partial charge in [0.2, 0.25) is 10.0 Å². The van der Waals surface area contributed by atoms with Crippen LogP contribution in [0.3, 0.4) is 0 Å². The number of amidine groups is 1. The Bertz CT molecular complexity index is 1060. The first-order chi connectivity index (χ1) is 14.3. The van der Waals surface area contributed by atoms with Crippen LogP contribution in [0.15, 0.2) is 58.4 Å². The number of hydrogen-bond donors (Lipinski definition) is 1. The number of aliphatic imine (C=N–C) groups is 1. The van der Waals surface area contributed by atoms with Gasteiger partial charge in [-0.05, 0) is 24.3 Å². The maximum absolute atomic E-state index is 13.1. The highest BCUT2D eigenvalue weighted by Gasteiger charge is 2.43. The Morgan fingerprint density at radius 3 is 2.57 bits per heavy atom. The van der Waals surface area contributed by atoms with Gasteiger partial charge < -0.3 is 14.7 Å². The van der Waals surface area contributed by atoms with Crippen LogP contribution in [-0.4, -0.2) is 67.0 Å². The van der Waals surface area contributed by atoms with Crippen LogP contribution < -0.4 is 0 Å². The van der Waals surface area contributed by atoms with Crippen LogP contribution >= 0.6 is 23.4 Å². The van der Waals surface area contributed by atoms with Crippen LogP contribution in [0.5, 0.6) is 0 Å². The SMILES string of the molecule is CN1C(=Nc2ccccc2)SCC1(O)c1ccc(Cl)c(S(=O)(=O)N2CCOCC2)c1. The molecule has 2 heterocycles. The van der Waals surface area contributed by atoms with E-state index in [-0.39, 0.29) is 23.0 Å². The molecule has 10 heteroatoms. The molecule has 4 rings (SSSR count). The number of halogens is 1. The van der Waals surface area contributed by atoms with Crippen molar-refractivity contribution in [3.05, 3.63) is 59.1 Å². The summed E-state index contributed by atoms with van der Waals surface area (Å²) in [5.74, 6) is 0.313. The average Bonchev–Trinajstić information content (AvgIpc) is 3.05. The first kappa shape index (κ1) is 21.6. The number of ether oxygens (including phenoxy) is 1. The smallest absolute Gasteiger partial charge is 0.244 e. The lowest BCUT2D eigenvalue weighted by Crippen LogP contribution is -2.43. The summed E-state index contributed by atoms with van der Waals surface area (Å²) in [5.41, 5.74) is -0.173.